The zero-order valence-corrected chi connectivity index (χ0v) is 17.1. The van der Waals surface area contributed by atoms with Gasteiger partial charge in [-0.1, -0.05) is 0 Å². The molecular formula is C23H24N4O3. The summed E-state index contributed by atoms with van der Waals surface area (Å²) in [7, 11) is 1.61. The Balaban J connectivity index is 1.75. The third-order valence-electron chi connectivity index (χ3n) is 6.52. The van der Waals surface area contributed by atoms with Crippen molar-refractivity contribution in [3.63, 3.8) is 0 Å². The molecule has 5 rings (SSSR count). The third-order valence-corrected chi connectivity index (χ3v) is 6.52. The number of nitriles is 1. The highest BCUT2D eigenvalue weighted by molar-refractivity contribution is 6.09. The van der Waals surface area contributed by atoms with Crippen LogP contribution in [0.2, 0.25) is 0 Å². The van der Waals surface area contributed by atoms with E-state index in [1.54, 1.807) is 13.2 Å². The Morgan fingerprint density at radius 1 is 1.17 bits per heavy atom. The maximum absolute atomic E-state index is 13.7. The summed E-state index contributed by atoms with van der Waals surface area (Å²) in [5.41, 5.74) is 1.95. The number of nitrogens with one attached hydrogen (secondary N) is 2. The van der Waals surface area contributed by atoms with Gasteiger partial charge in [-0.15, -0.1) is 0 Å². The lowest BCUT2D eigenvalue weighted by molar-refractivity contribution is -0.140. The van der Waals surface area contributed by atoms with Crippen molar-refractivity contribution >= 4 is 11.6 Å². The highest BCUT2D eigenvalue weighted by Crippen LogP contribution is 2.54. The molecule has 3 aliphatic rings. The highest BCUT2D eigenvalue weighted by Gasteiger charge is 2.62. The quantitative estimate of drug-likeness (QED) is 0.794. The van der Waals surface area contributed by atoms with Gasteiger partial charge in [0.2, 0.25) is 0 Å². The molecule has 1 spiro atoms. The van der Waals surface area contributed by atoms with Gasteiger partial charge < -0.3 is 20.1 Å². The first kappa shape index (κ1) is 18.9. The van der Waals surface area contributed by atoms with Crippen molar-refractivity contribution in [2.75, 3.05) is 45.2 Å². The van der Waals surface area contributed by atoms with Gasteiger partial charge in [0.25, 0.3) is 5.91 Å². The number of hydrogen-bond donors (Lipinski definition) is 2. The summed E-state index contributed by atoms with van der Waals surface area (Å²) in [5, 5.41) is 15.9. The van der Waals surface area contributed by atoms with Crippen LogP contribution in [-0.4, -0.2) is 50.7 Å². The van der Waals surface area contributed by atoms with E-state index >= 15 is 0 Å². The van der Waals surface area contributed by atoms with E-state index in [4.69, 9.17) is 9.47 Å². The molecule has 0 aliphatic carbocycles. The fourth-order valence-corrected chi connectivity index (χ4v) is 5.01. The number of nitrogens with zero attached hydrogens (tertiary/aromatic N) is 2. The molecule has 2 aromatic rings. The summed E-state index contributed by atoms with van der Waals surface area (Å²) in [6.45, 7) is 5.93. The Bertz CT molecular complexity index is 1060. The average Bonchev–Trinajstić information content (AvgIpc) is 2.98. The average molecular weight is 404 g/mol. The van der Waals surface area contributed by atoms with Gasteiger partial charge in [0.15, 0.2) is 5.54 Å². The van der Waals surface area contributed by atoms with Gasteiger partial charge in [0, 0.05) is 48.4 Å². The standard InChI is InChI=1S/C23H24N4O3/c1-3-30-20-7-5-16(29-2)9-18(20)23(27-13-22(14-27)11-25-12-22)17-8-15(10-24)4-6-19(17)26-21(23)28/h4-9,25H,3,11-14H2,1-2H3,(H,26,28). The minimum Gasteiger partial charge on any atom is -0.497 e. The molecule has 1 amide bonds. The fourth-order valence-electron chi connectivity index (χ4n) is 5.01. The van der Waals surface area contributed by atoms with Crippen LogP contribution in [0, 0.1) is 16.7 Å². The molecular weight excluding hydrogens is 380 g/mol. The largest absolute Gasteiger partial charge is 0.497 e. The molecule has 1 unspecified atom stereocenters. The van der Waals surface area contributed by atoms with E-state index in [2.05, 4.69) is 21.6 Å². The van der Waals surface area contributed by atoms with Crippen molar-refractivity contribution in [1.82, 2.24) is 10.2 Å². The van der Waals surface area contributed by atoms with E-state index in [1.165, 1.54) is 0 Å². The molecule has 7 heteroatoms. The maximum atomic E-state index is 13.7. The van der Waals surface area contributed by atoms with Crippen molar-refractivity contribution in [3.05, 3.63) is 53.1 Å². The summed E-state index contributed by atoms with van der Waals surface area (Å²) in [6.07, 6.45) is 0. The van der Waals surface area contributed by atoms with Gasteiger partial charge >= 0.3 is 0 Å². The Morgan fingerprint density at radius 2 is 1.97 bits per heavy atom. The van der Waals surface area contributed by atoms with E-state index < -0.39 is 5.54 Å². The lowest BCUT2D eigenvalue weighted by Gasteiger charge is -2.60. The van der Waals surface area contributed by atoms with E-state index in [0.29, 0.717) is 23.7 Å². The second-order valence-electron chi connectivity index (χ2n) is 8.29. The summed E-state index contributed by atoms with van der Waals surface area (Å²) in [6, 6.07) is 13.2. The smallest absolute Gasteiger partial charge is 0.254 e. The van der Waals surface area contributed by atoms with Crippen LogP contribution in [0.5, 0.6) is 11.5 Å². The van der Waals surface area contributed by atoms with Crippen LogP contribution < -0.4 is 20.1 Å². The van der Waals surface area contributed by atoms with Crippen LogP contribution in [0.1, 0.15) is 23.6 Å². The summed E-state index contributed by atoms with van der Waals surface area (Å²) in [5.74, 6) is 1.19. The second kappa shape index (κ2) is 6.73. The van der Waals surface area contributed by atoms with Crippen molar-refractivity contribution in [3.8, 4) is 17.6 Å². The van der Waals surface area contributed by atoms with E-state index in [0.717, 1.165) is 43.0 Å². The molecule has 0 aromatic heterocycles. The van der Waals surface area contributed by atoms with Crippen LogP contribution in [0.4, 0.5) is 5.69 Å². The van der Waals surface area contributed by atoms with Gasteiger partial charge in [0.05, 0.1) is 25.3 Å². The molecule has 2 aromatic carbocycles. The van der Waals surface area contributed by atoms with Gasteiger partial charge in [-0.3, -0.25) is 9.69 Å². The molecule has 3 heterocycles. The molecule has 1 atom stereocenters. The van der Waals surface area contributed by atoms with Crippen LogP contribution >= 0.6 is 0 Å². The lowest BCUT2D eigenvalue weighted by atomic mass is 9.69. The topological polar surface area (TPSA) is 86.6 Å². The van der Waals surface area contributed by atoms with Gasteiger partial charge in [0.1, 0.15) is 11.5 Å². The number of ether oxygens (including phenoxy) is 2. The third kappa shape index (κ3) is 2.47. The highest BCUT2D eigenvalue weighted by atomic mass is 16.5. The first-order chi connectivity index (χ1) is 14.6. The molecule has 154 valence electrons. The normalized spacial score (nSPS) is 23.7. The SMILES string of the molecule is CCOc1ccc(OC)cc1C1(N2CC3(CNC3)C2)C(=O)Nc2ccc(C#N)cc21. The number of carbonyl (C=O) groups excluding carboxylic acids is 1. The first-order valence-electron chi connectivity index (χ1n) is 10.2. The van der Waals surface area contributed by atoms with E-state index in [-0.39, 0.29) is 11.3 Å². The number of hydrogen-bond acceptors (Lipinski definition) is 6. The molecule has 2 N–H and O–H groups in total. The molecule has 3 aliphatic heterocycles. The van der Waals surface area contributed by atoms with Crippen LogP contribution in [0.3, 0.4) is 0 Å². The van der Waals surface area contributed by atoms with Gasteiger partial charge in [-0.05, 0) is 43.3 Å². The predicted octanol–water partition coefficient (Wildman–Crippen LogP) is 2.07. The second-order valence-corrected chi connectivity index (χ2v) is 8.29. The van der Waals surface area contributed by atoms with Crippen molar-refractivity contribution in [2.24, 2.45) is 5.41 Å². The Kier molecular flexibility index (Phi) is 4.24. The van der Waals surface area contributed by atoms with E-state index in [1.807, 2.05) is 37.3 Å². The number of anilines is 1. The number of carbonyl (C=O) groups is 1. The molecule has 0 saturated carbocycles. The van der Waals surface area contributed by atoms with Crippen LogP contribution in [0.25, 0.3) is 0 Å². The molecule has 2 saturated heterocycles. The summed E-state index contributed by atoms with van der Waals surface area (Å²) >= 11 is 0. The van der Waals surface area contributed by atoms with Crippen LogP contribution in [-0.2, 0) is 10.3 Å². The Labute approximate surface area is 175 Å². The number of benzene rings is 2. The molecule has 2 fully saturated rings. The van der Waals surface area contributed by atoms with Crippen molar-refractivity contribution in [2.45, 2.75) is 12.5 Å². The molecule has 0 radical (unpaired) electrons. The monoisotopic (exact) mass is 404 g/mol. The number of fused-ring (bicyclic) bond motifs is 1. The fraction of sp³-hybridized carbons (Fsp3) is 0.391. The number of rotatable bonds is 5. The zero-order chi connectivity index (χ0) is 20.9. The number of likely N-dealkylation sites (tertiary alicyclic amines) is 1. The van der Waals surface area contributed by atoms with Crippen LogP contribution in [0.15, 0.2) is 36.4 Å². The molecule has 30 heavy (non-hydrogen) atoms. The number of amides is 1. The maximum Gasteiger partial charge on any atom is 0.254 e. The lowest BCUT2D eigenvalue weighted by Crippen LogP contribution is -2.75. The minimum absolute atomic E-state index is 0.121. The zero-order valence-electron chi connectivity index (χ0n) is 17.1. The minimum atomic E-state index is -1.07. The molecule has 7 nitrogen and oxygen atoms in total. The van der Waals surface area contributed by atoms with Crippen molar-refractivity contribution in [1.29, 1.82) is 5.26 Å². The van der Waals surface area contributed by atoms with E-state index in [9.17, 15) is 10.1 Å². The Morgan fingerprint density at radius 3 is 2.60 bits per heavy atom. The first-order valence-corrected chi connectivity index (χ1v) is 10.2. The van der Waals surface area contributed by atoms with Gasteiger partial charge in [-0.2, -0.15) is 5.26 Å². The van der Waals surface area contributed by atoms with Gasteiger partial charge in [-0.25, -0.2) is 0 Å². The Hall–Kier alpha value is -3.08. The predicted molar refractivity (Wildman–Crippen MR) is 112 cm³/mol. The summed E-state index contributed by atoms with van der Waals surface area (Å²) < 4.78 is 11.5. The van der Waals surface area contributed by atoms with Crippen molar-refractivity contribution < 1.29 is 14.3 Å². The molecule has 0 bridgehead atoms. The number of methoxy groups -OCH3 is 1. The summed E-state index contributed by atoms with van der Waals surface area (Å²) in [4.78, 5) is 15.9.